The molecule has 2 aliphatic rings. The van der Waals surface area contributed by atoms with Gasteiger partial charge in [0.1, 0.15) is 11.9 Å². The van der Waals surface area contributed by atoms with Crippen LogP contribution in [0.15, 0.2) is 18.2 Å². The van der Waals surface area contributed by atoms with Gasteiger partial charge in [0.2, 0.25) is 0 Å². The molecule has 0 spiro atoms. The van der Waals surface area contributed by atoms with Gasteiger partial charge >= 0.3 is 7.12 Å². The van der Waals surface area contributed by atoms with Crippen molar-refractivity contribution in [2.75, 3.05) is 0 Å². The van der Waals surface area contributed by atoms with Crippen molar-refractivity contribution in [1.82, 2.24) is 0 Å². The van der Waals surface area contributed by atoms with Crippen molar-refractivity contribution in [2.45, 2.75) is 70.7 Å². The van der Waals surface area contributed by atoms with Crippen LogP contribution in [-0.4, -0.2) is 30.3 Å². The predicted molar refractivity (Wildman–Crippen MR) is 85.5 cm³/mol. The van der Waals surface area contributed by atoms with E-state index in [4.69, 9.17) is 14.0 Å². The lowest BCUT2D eigenvalue weighted by Gasteiger charge is -2.34. The molecule has 1 saturated heterocycles. The van der Waals surface area contributed by atoms with Crippen LogP contribution >= 0.6 is 0 Å². The zero-order chi connectivity index (χ0) is 17.0. The summed E-state index contributed by atoms with van der Waals surface area (Å²) in [4.78, 5) is 0. The molecule has 0 atom stereocenters. The van der Waals surface area contributed by atoms with Crippen LogP contribution in [0.25, 0.3) is 0 Å². The van der Waals surface area contributed by atoms with Crippen LogP contribution < -0.4 is 10.2 Å². The van der Waals surface area contributed by atoms with Crippen LogP contribution in [0.5, 0.6) is 5.75 Å². The Morgan fingerprint density at radius 3 is 2.13 bits per heavy atom. The maximum atomic E-state index is 12.9. The van der Waals surface area contributed by atoms with Crippen LogP contribution in [0.3, 0.4) is 0 Å². The van der Waals surface area contributed by atoms with Gasteiger partial charge in [-0.1, -0.05) is 6.07 Å². The van der Waals surface area contributed by atoms with E-state index in [0.717, 1.165) is 11.0 Å². The molecule has 0 aromatic heterocycles. The number of halogens is 2. The highest BCUT2D eigenvalue weighted by Crippen LogP contribution is 2.40. The fraction of sp³-hybridized carbons (Fsp3) is 0.647. The van der Waals surface area contributed by atoms with Crippen molar-refractivity contribution in [2.24, 2.45) is 0 Å². The number of rotatable bonds is 3. The van der Waals surface area contributed by atoms with E-state index < -0.39 is 30.3 Å². The summed E-state index contributed by atoms with van der Waals surface area (Å²) in [5.41, 5.74) is 1.12. The van der Waals surface area contributed by atoms with Crippen molar-refractivity contribution in [3.8, 4) is 5.75 Å². The van der Waals surface area contributed by atoms with Crippen molar-refractivity contribution in [3.63, 3.8) is 0 Å². The topological polar surface area (TPSA) is 27.7 Å². The molecular weight excluding hydrogens is 301 g/mol. The number of alkyl halides is 2. The summed E-state index contributed by atoms with van der Waals surface area (Å²) in [6, 6.07) is 5.55. The predicted octanol–water partition coefficient (Wildman–Crippen LogP) is 3.47. The normalized spacial score (nSPS) is 25.3. The largest absolute Gasteiger partial charge is 0.495 e. The molecule has 3 rings (SSSR count). The Labute approximate surface area is 136 Å². The van der Waals surface area contributed by atoms with Gasteiger partial charge in [0.05, 0.1) is 11.2 Å². The number of aryl methyl sites for hydroxylation is 1. The van der Waals surface area contributed by atoms with E-state index in [1.807, 2.05) is 46.8 Å². The summed E-state index contributed by atoms with van der Waals surface area (Å²) in [6.45, 7) is 9.99. The number of hydrogen-bond acceptors (Lipinski definition) is 3. The molecule has 1 aliphatic heterocycles. The van der Waals surface area contributed by atoms with Crippen molar-refractivity contribution in [3.05, 3.63) is 23.8 Å². The third-order valence-corrected chi connectivity index (χ3v) is 5.10. The molecule has 1 aromatic carbocycles. The van der Waals surface area contributed by atoms with Gasteiger partial charge in [-0.05, 0) is 57.8 Å². The average molecular weight is 324 g/mol. The molecule has 6 heteroatoms. The molecule has 1 saturated carbocycles. The van der Waals surface area contributed by atoms with Gasteiger partial charge in [0.25, 0.3) is 5.92 Å². The fourth-order valence-electron chi connectivity index (χ4n) is 2.84. The van der Waals surface area contributed by atoms with E-state index in [0.29, 0.717) is 5.75 Å². The van der Waals surface area contributed by atoms with Crippen molar-refractivity contribution in [1.29, 1.82) is 0 Å². The molecule has 1 aliphatic carbocycles. The third-order valence-electron chi connectivity index (χ3n) is 5.10. The summed E-state index contributed by atoms with van der Waals surface area (Å²) in [5.74, 6) is -1.95. The summed E-state index contributed by atoms with van der Waals surface area (Å²) in [5, 5.41) is 0. The number of ether oxygens (including phenoxy) is 1. The van der Waals surface area contributed by atoms with Crippen molar-refractivity contribution >= 4 is 12.6 Å². The Morgan fingerprint density at radius 1 is 1.09 bits per heavy atom. The molecule has 1 aromatic rings. The van der Waals surface area contributed by atoms with E-state index in [1.54, 1.807) is 6.07 Å². The SMILES string of the molecule is Cc1cc(OC2CC(F)(F)C2)ccc1B1OC(C)(C)C(C)(C)O1. The monoisotopic (exact) mass is 324 g/mol. The van der Waals surface area contributed by atoms with Crippen LogP contribution in [0.4, 0.5) is 8.78 Å². The molecule has 0 bridgehead atoms. The Bertz CT molecular complexity index is 592. The molecule has 0 amide bonds. The number of benzene rings is 1. The molecule has 3 nitrogen and oxygen atoms in total. The third kappa shape index (κ3) is 3.11. The van der Waals surface area contributed by atoms with Gasteiger partial charge in [-0.2, -0.15) is 0 Å². The molecule has 126 valence electrons. The molecule has 1 heterocycles. The maximum Gasteiger partial charge on any atom is 0.495 e. The summed E-state index contributed by atoms with van der Waals surface area (Å²) >= 11 is 0. The standard InChI is InChI=1S/C17H23BF2O3/c1-11-8-12(21-13-9-17(19,20)10-13)6-7-14(11)18-22-15(2,3)16(4,5)23-18/h6-8,13H,9-10H2,1-5H3. The van der Waals surface area contributed by atoms with Crippen LogP contribution in [0, 0.1) is 6.92 Å². The second kappa shape index (κ2) is 5.18. The lowest BCUT2D eigenvalue weighted by Crippen LogP contribution is -2.43. The minimum Gasteiger partial charge on any atom is -0.490 e. The smallest absolute Gasteiger partial charge is 0.490 e. The van der Waals surface area contributed by atoms with E-state index >= 15 is 0 Å². The van der Waals surface area contributed by atoms with E-state index in [2.05, 4.69) is 0 Å². The highest BCUT2D eigenvalue weighted by molar-refractivity contribution is 6.62. The summed E-state index contributed by atoms with van der Waals surface area (Å²) < 4.78 is 43.4. The Kier molecular flexibility index (Phi) is 3.76. The lowest BCUT2D eigenvalue weighted by atomic mass is 9.76. The molecular formula is C17H23BF2O3. The van der Waals surface area contributed by atoms with E-state index in [9.17, 15) is 8.78 Å². The lowest BCUT2D eigenvalue weighted by molar-refractivity contribution is -0.134. The quantitative estimate of drug-likeness (QED) is 0.797. The van der Waals surface area contributed by atoms with E-state index in [1.165, 1.54) is 0 Å². The van der Waals surface area contributed by atoms with Gasteiger partial charge in [-0.3, -0.25) is 0 Å². The van der Waals surface area contributed by atoms with E-state index in [-0.39, 0.29) is 12.8 Å². The first-order chi connectivity index (χ1) is 10.5. The summed E-state index contributed by atoms with van der Waals surface area (Å²) in [7, 11) is -0.429. The summed E-state index contributed by atoms with van der Waals surface area (Å²) in [6.07, 6.45) is -0.803. The second-order valence-electron chi connectivity index (χ2n) is 7.61. The molecule has 0 unspecified atom stereocenters. The maximum absolute atomic E-state index is 12.9. The first-order valence-corrected chi connectivity index (χ1v) is 8.00. The molecule has 2 fully saturated rings. The van der Waals surface area contributed by atoms with Gasteiger partial charge in [-0.15, -0.1) is 0 Å². The second-order valence-corrected chi connectivity index (χ2v) is 7.61. The minimum absolute atomic E-state index is 0.203. The van der Waals surface area contributed by atoms with Crippen LogP contribution in [0.2, 0.25) is 0 Å². The van der Waals surface area contributed by atoms with Gasteiger partial charge in [0, 0.05) is 12.8 Å². The molecule has 0 N–H and O–H groups in total. The average Bonchev–Trinajstić information content (AvgIpc) is 2.56. The Morgan fingerprint density at radius 2 is 1.65 bits per heavy atom. The van der Waals surface area contributed by atoms with Gasteiger partial charge in [0.15, 0.2) is 0 Å². The highest BCUT2D eigenvalue weighted by atomic mass is 19.3. The van der Waals surface area contributed by atoms with Crippen molar-refractivity contribution < 1.29 is 22.8 Å². The first-order valence-electron chi connectivity index (χ1n) is 8.00. The van der Waals surface area contributed by atoms with Gasteiger partial charge < -0.3 is 14.0 Å². The minimum atomic E-state index is -2.57. The van der Waals surface area contributed by atoms with Crippen LogP contribution in [0.1, 0.15) is 46.1 Å². The zero-order valence-electron chi connectivity index (χ0n) is 14.3. The van der Waals surface area contributed by atoms with Gasteiger partial charge in [-0.25, -0.2) is 8.78 Å². The first kappa shape index (κ1) is 16.7. The Balaban J connectivity index is 1.71. The fourth-order valence-corrected chi connectivity index (χ4v) is 2.84. The Hall–Kier alpha value is -1.14. The zero-order valence-corrected chi connectivity index (χ0v) is 14.3. The highest BCUT2D eigenvalue weighted by Gasteiger charge is 2.52. The van der Waals surface area contributed by atoms with Crippen LogP contribution in [-0.2, 0) is 9.31 Å². The molecule has 0 radical (unpaired) electrons. The number of hydrogen-bond donors (Lipinski definition) is 0. The molecule has 23 heavy (non-hydrogen) atoms.